The van der Waals surface area contributed by atoms with Gasteiger partial charge in [-0.2, -0.15) is 0 Å². The fraction of sp³-hybridized carbons (Fsp3) is 0.400. The number of hydrogen-bond acceptors (Lipinski definition) is 3. The Bertz CT molecular complexity index is 308. The van der Waals surface area contributed by atoms with Crippen LogP contribution in [0.15, 0.2) is 18.3 Å². The SMILES string of the molecule is [CH]N1CCN(c2ncccc2Cl)CC1. The summed E-state index contributed by atoms with van der Waals surface area (Å²) in [5.74, 6) is 0.863. The highest BCUT2D eigenvalue weighted by Gasteiger charge is 2.16. The van der Waals surface area contributed by atoms with E-state index in [0.29, 0.717) is 5.02 Å². The van der Waals surface area contributed by atoms with E-state index in [1.807, 2.05) is 17.0 Å². The summed E-state index contributed by atoms with van der Waals surface area (Å²) in [5, 5.41) is 0.706. The molecule has 0 aliphatic carbocycles. The van der Waals surface area contributed by atoms with Gasteiger partial charge >= 0.3 is 0 Å². The highest BCUT2D eigenvalue weighted by Crippen LogP contribution is 2.22. The van der Waals surface area contributed by atoms with Gasteiger partial charge in [-0.15, -0.1) is 0 Å². The van der Waals surface area contributed by atoms with Gasteiger partial charge in [-0.05, 0) is 12.1 Å². The first-order chi connectivity index (χ1) is 6.77. The van der Waals surface area contributed by atoms with Crippen molar-refractivity contribution in [3.63, 3.8) is 0 Å². The van der Waals surface area contributed by atoms with Crippen LogP contribution in [0.5, 0.6) is 0 Å². The predicted octanol–water partition coefficient (Wildman–Crippen LogP) is 1.53. The van der Waals surface area contributed by atoms with Gasteiger partial charge < -0.3 is 4.90 Å². The standard InChI is InChI=1S/C10H12ClN3/c1-13-5-7-14(8-6-13)10-9(11)3-2-4-12-10/h1-4H,5-8H2. The third-order valence-corrected chi connectivity index (χ3v) is 2.65. The van der Waals surface area contributed by atoms with E-state index in [0.717, 1.165) is 32.0 Å². The first-order valence-corrected chi connectivity index (χ1v) is 5.00. The summed E-state index contributed by atoms with van der Waals surface area (Å²) in [4.78, 5) is 8.23. The lowest BCUT2D eigenvalue weighted by atomic mass is 10.3. The molecule has 1 aromatic heterocycles. The Morgan fingerprint density at radius 3 is 2.64 bits per heavy atom. The maximum atomic E-state index is 6.04. The van der Waals surface area contributed by atoms with Gasteiger partial charge in [0.05, 0.1) is 5.02 Å². The second-order valence-corrected chi connectivity index (χ2v) is 3.74. The lowest BCUT2D eigenvalue weighted by Gasteiger charge is -2.33. The maximum Gasteiger partial charge on any atom is 0.147 e. The van der Waals surface area contributed by atoms with E-state index in [9.17, 15) is 0 Å². The average Bonchev–Trinajstić information content (AvgIpc) is 2.20. The number of aromatic nitrogens is 1. The molecule has 0 aromatic carbocycles. The first-order valence-electron chi connectivity index (χ1n) is 4.62. The van der Waals surface area contributed by atoms with Crippen LogP contribution in [0.4, 0.5) is 5.82 Å². The number of nitrogens with zero attached hydrogens (tertiary/aromatic N) is 3. The summed E-state index contributed by atoms with van der Waals surface area (Å²) in [6, 6.07) is 3.70. The highest BCUT2D eigenvalue weighted by atomic mass is 35.5. The fourth-order valence-corrected chi connectivity index (χ4v) is 1.78. The molecule has 1 aliphatic rings. The van der Waals surface area contributed by atoms with E-state index in [-0.39, 0.29) is 0 Å². The van der Waals surface area contributed by atoms with E-state index in [1.165, 1.54) is 0 Å². The van der Waals surface area contributed by atoms with Crippen LogP contribution in [0, 0.1) is 7.05 Å². The molecule has 2 rings (SSSR count). The minimum absolute atomic E-state index is 0.706. The topological polar surface area (TPSA) is 19.4 Å². The third kappa shape index (κ3) is 1.99. The Labute approximate surface area is 89.3 Å². The molecule has 1 aromatic rings. The van der Waals surface area contributed by atoms with Gasteiger partial charge in [0, 0.05) is 39.4 Å². The molecule has 2 heterocycles. The van der Waals surface area contributed by atoms with Crippen LogP contribution in [0.25, 0.3) is 0 Å². The Hall–Kier alpha value is -0.800. The van der Waals surface area contributed by atoms with Crippen LogP contribution < -0.4 is 4.90 Å². The van der Waals surface area contributed by atoms with E-state index in [1.54, 1.807) is 6.20 Å². The van der Waals surface area contributed by atoms with Crippen molar-refractivity contribution in [1.82, 2.24) is 9.88 Å². The number of pyridine rings is 1. The van der Waals surface area contributed by atoms with Gasteiger partial charge in [0.2, 0.25) is 0 Å². The van der Waals surface area contributed by atoms with Crippen LogP contribution >= 0.6 is 11.6 Å². The molecule has 0 spiro atoms. The van der Waals surface area contributed by atoms with Crippen molar-refractivity contribution in [2.75, 3.05) is 31.1 Å². The Kier molecular flexibility index (Phi) is 2.89. The monoisotopic (exact) mass is 209 g/mol. The van der Waals surface area contributed by atoms with E-state index in [4.69, 9.17) is 18.6 Å². The Balaban J connectivity index is 2.12. The maximum absolute atomic E-state index is 6.04. The molecule has 3 nitrogen and oxygen atoms in total. The smallest absolute Gasteiger partial charge is 0.147 e. The van der Waals surface area contributed by atoms with Crippen LogP contribution in [-0.4, -0.2) is 36.1 Å². The molecule has 4 heteroatoms. The van der Waals surface area contributed by atoms with Crippen molar-refractivity contribution < 1.29 is 0 Å². The van der Waals surface area contributed by atoms with Crippen LogP contribution in [0.1, 0.15) is 0 Å². The fourth-order valence-electron chi connectivity index (χ4n) is 1.54. The third-order valence-electron chi connectivity index (χ3n) is 2.35. The zero-order valence-electron chi connectivity index (χ0n) is 7.86. The minimum Gasteiger partial charge on any atom is -0.353 e. The van der Waals surface area contributed by atoms with Gasteiger partial charge in [0.15, 0.2) is 0 Å². The summed E-state index contributed by atoms with van der Waals surface area (Å²) in [6.07, 6.45) is 1.76. The molecule has 1 aliphatic heterocycles. The molecule has 0 atom stereocenters. The van der Waals surface area contributed by atoms with Crippen molar-refractivity contribution in [3.05, 3.63) is 30.4 Å². The average molecular weight is 210 g/mol. The number of piperazine rings is 1. The molecule has 14 heavy (non-hydrogen) atoms. The highest BCUT2D eigenvalue weighted by molar-refractivity contribution is 6.32. The van der Waals surface area contributed by atoms with Gasteiger partial charge in [-0.3, -0.25) is 4.90 Å². The summed E-state index contributed by atoms with van der Waals surface area (Å²) in [6.45, 7) is 3.47. The van der Waals surface area contributed by atoms with Gasteiger partial charge in [0.1, 0.15) is 5.82 Å². The van der Waals surface area contributed by atoms with Gasteiger partial charge in [-0.1, -0.05) is 11.6 Å². The molecular formula is C10H12ClN3. The summed E-state index contributed by atoms with van der Waals surface area (Å²) >= 11 is 6.04. The molecule has 0 bridgehead atoms. The number of halogens is 1. The molecule has 0 unspecified atom stereocenters. The molecule has 1 saturated heterocycles. The first kappa shape index (κ1) is 9.74. The van der Waals surface area contributed by atoms with Crippen LogP contribution in [0.2, 0.25) is 5.02 Å². The zero-order chi connectivity index (χ0) is 9.97. The van der Waals surface area contributed by atoms with Crippen molar-refractivity contribution in [3.8, 4) is 0 Å². The lowest BCUT2D eigenvalue weighted by Crippen LogP contribution is -2.44. The summed E-state index contributed by atoms with van der Waals surface area (Å²) < 4.78 is 0. The minimum atomic E-state index is 0.706. The molecule has 1 fully saturated rings. The zero-order valence-corrected chi connectivity index (χ0v) is 8.61. The summed E-state index contributed by atoms with van der Waals surface area (Å²) in [5.41, 5.74) is 0. The van der Waals surface area contributed by atoms with Crippen molar-refractivity contribution in [2.45, 2.75) is 0 Å². The van der Waals surface area contributed by atoms with Gasteiger partial charge in [0.25, 0.3) is 0 Å². The molecule has 74 valence electrons. The molecule has 0 saturated carbocycles. The molecule has 0 N–H and O–H groups in total. The van der Waals surface area contributed by atoms with E-state index < -0.39 is 0 Å². The molecular weight excluding hydrogens is 198 g/mol. The van der Waals surface area contributed by atoms with Crippen molar-refractivity contribution in [2.24, 2.45) is 0 Å². The quantitative estimate of drug-likeness (QED) is 0.699. The van der Waals surface area contributed by atoms with Crippen LogP contribution in [-0.2, 0) is 0 Å². The van der Waals surface area contributed by atoms with Crippen LogP contribution in [0.3, 0.4) is 0 Å². The Morgan fingerprint density at radius 1 is 1.29 bits per heavy atom. The van der Waals surface area contributed by atoms with Crippen molar-refractivity contribution >= 4 is 17.4 Å². The number of rotatable bonds is 1. The molecule has 0 amide bonds. The van der Waals surface area contributed by atoms with E-state index in [2.05, 4.69) is 9.88 Å². The Morgan fingerprint density at radius 2 is 2.00 bits per heavy atom. The second kappa shape index (κ2) is 4.15. The van der Waals surface area contributed by atoms with Gasteiger partial charge in [-0.25, -0.2) is 4.98 Å². The normalized spacial score (nSPS) is 18.6. The predicted molar refractivity (Wildman–Crippen MR) is 57.3 cm³/mol. The number of anilines is 1. The second-order valence-electron chi connectivity index (χ2n) is 3.33. The lowest BCUT2D eigenvalue weighted by molar-refractivity contribution is 0.343. The molecule has 2 radical (unpaired) electrons. The van der Waals surface area contributed by atoms with Crippen molar-refractivity contribution in [1.29, 1.82) is 0 Å². The van der Waals surface area contributed by atoms with E-state index >= 15 is 0 Å². The largest absolute Gasteiger partial charge is 0.353 e. The summed E-state index contributed by atoms with van der Waals surface area (Å²) in [7, 11) is 5.67. The number of hydrogen-bond donors (Lipinski definition) is 0.